The standard InChI is InChI=1S/C40H40ClF5N6O7/c1-37(2,3)22-39(27-14-11-24(12-15-27)26-18-47-51(19-26)33(42)43)32(55)52(34(49-39)48-35(56)58-20-23-9-7-6-8-10-23)30(25-13-16-29(41)28(17-25)31(53)54)21-59-36(57)50-38(4,5)40(44,45)46/h6-19,30,33H,20-22H2,1-5H3,(H,50,57)(H,53,54)(H,48,49,56)/t30?,39-/m1/s1. The van der Waals surface area contributed by atoms with Crippen LogP contribution in [0.5, 0.6) is 0 Å². The van der Waals surface area contributed by atoms with Crippen molar-refractivity contribution in [3.05, 3.63) is 112 Å². The molecule has 0 saturated heterocycles. The van der Waals surface area contributed by atoms with Gasteiger partial charge in [0.15, 0.2) is 5.54 Å². The molecule has 0 fully saturated rings. The molecule has 19 heteroatoms. The van der Waals surface area contributed by atoms with Crippen LogP contribution in [-0.2, 0) is 26.4 Å². The lowest BCUT2D eigenvalue weighted by Gasteiger charge is -2.35. The number of amides is 3. The number of halogens is 6. The number of guanidine groups is 1. The maximum absolute atomic E-state index is 15.3. The second kappa shape index (κ2) is 17.1. The predicted molar refractivity (Wildman–Crippen MR) is 204 cm³/mol. The molecule has 0 saturated carbocycles. The monoisotopic (exact) mass is 846 g/mol. The van der Waals surface area contributed by atoms with Crippen molar-refractivity contribution in [2.75, 3.05) is 6.61 Å². The Morgan fingerprint density at radius 2 is 1.58 bits per heavy atom. The maximum atomic E-state index is 15.3. The van der Waals surface area contributed by atoms with Gasteiger partial charge < -0.3 is 19.9 Å². The Balaban J connectivity index is 1.64. The zero-order valence-corrected chi connectivity index (χ0v) is 33.1. The van der Waals surface area contributed by atoms with Gasteiger partial charge in [0, 0.05) is 11.8 Å². The lowest BCUT2D eigenvalue weighted by atomic mass is 9.75. The van der Waals surface area contributed by atoms with E-state index in [1.807, 2.05) is 20.8 Å². The minimum absolute atomic E-state index is 0.0202. The Morgan fingerprint density at radius 3 is 2.15 bits per heavy atom. The zero-order valence-electron chi connectivity index (χ0n) is 32.3. The van der Waals surface area contributed by atoms with Crippen LogP contribution in [-0.4, -0.2) is 68.1 Å². The minimum Gasteiger partial charge on any atom is -0.478 e. The number of hydrogen-bond acceptors (Lipinski definition) is 8. The van der Waals surface area contributed by atoms with Crippen LogP contribution in [0, 0.1) is 5.41 Å². The largest absolute Gasteiger partial charge is 0.478 e. The van der Waals surface area contributed by atoms with Crippen LogP contribution in [0.2, 0.25) is 5.02 Å². The van der Waals surface area contributed by atoms with Crippen molar-refractivity contribution < 1.29 is 55.7 Å². The number of aliphatic imine (C=N–C) groups is 1. The number of carboxylic acids is 1. The molecule has 1 aliphatic rings. The van der Waals surface area contributed by atoms with Crippen LogP contribution in [0.25, 0.3) is 11.1 Å². The molecule has 13 nitrogen and oxygen atoms in total. The fourth-order valence-corrected chi connectivity index (χ4v) is 6.46. The van der Waals surface area contributed by atoms with Gasteiger partial charge in [-0.3, -0.25) is 15.0 Å². The molecule has 0 radical (unpaired) electrons. The molecule has 1 aliphatic heterocycles. The molecular weight excluding hydrogens is 807 g/mol. The van der Waals surface area contributed by atoms with Gasteiger partial charge in [-0.15, -0.1) is 0 Å². The topological polar surface area (TPSA) is 164 Å². The average molecular weight is 847 g/mol. The molecule has 4 aromatic rings. The first-order chi connectivity index (χ1) is 27.5. The molecule has 3 aromatic carbocycles. The third kappa shape index (κ3) is 10.2. The quantitative estimate of drug-likeness (QED) is 0.119. The van der Waals surface area contributed by atoms with Crippen LogP contribution >= 0.6 is 11.6 Å². The number of aromatic carboxylic acids is 1. The molecule has 3 amide bonds. The zero-order chi connectivity index (χ0) is 43.5. The summed E-state index contributed by atoms with van der Waals surface area (Å²) in [6, 6.07) is 16.9. The molecule has 2 heterocycles. The van der Waals surface area contributed by atoms with E-state index in [9.17, 15) is 41.4 Å². The highest BCUT2D eigenvalue weighted by Gasteiger charge is 2.54. The Hall–Kier alpha value is -6.04. The summed E-state index contributed by atoms with van der Waals surface area (Å²) in [7, 11) is 0. The van der Waals surface area contributed by atoms with Gasteiger partial charge in [-0.2, -0.15) is 27.1 Å². The highest BCUT2D eigenvalue weighted by atomic mass is 35.5. The van der Waals surface area contributed by atoms with Crippen LogP contribution in [0.3, 0.4) is 0 Å². The summed E-state index contributed by atoms with van der Waals surface area (Å²) in [5.41, 5.74) is -4.06. The highest BCUT2D eigenvalue weighted by Crippen LogP contribution is 2.46. The van der Waals surface area contributed by atoms with Crippen LogP contribution in [0.15, 0.2) is 90.2 Å². The third-order valence-electron chi connectivity index (χ3n) is 9.22. The van der Waals surface area contributed by atoms with Crippen molar-refractivity contribution in [1.29, 1.82) is 0 Å². The summed E-state index contributed by atoms with van der Waals surface area (Å²) >= 11 is 6.18. The normalized spacial score (nSPS) is 16.4. The molecular formula is C40H40ClF5N6O7. The molecule has 0 aliphatic carbocycles. The number of ether oxygens (including phenoxy) is 2. The molecule has 59 heavy (non-hydrogen) atoms. The van der Waals surface area contributed by atoms with Gasteiger partial charge in [0.2, 0.25) is 5.96 Å². The van der Waals surface area contributed by atoms with Crippen LogP contribution in [0.4, 0.5) is 31.5 Å². The number of carbonyl (C=O) groups excluding carboxylic acids is 3. The summed E-state index contributed by atoms with van der Waals surface area (Å²) in [5.74, 6) is -2.72. The van der Waals surface area contributed by atoms with Gasteiger partial charge >= 0.3 is 30.9 Å². The average Bonchev–Trinajstić information content (AvgIpc) is 3.74. The first-order valence-electron chi connectivity index (χ1n) is 17.9. The van der Waals surface area contributed by atoms with E-state index in [0.717, 1.165) is 17.2 Å². The number of nitrogens with one attached hydrogen (secondary N) is 2. The number of carboxylic acid groups (broad SMARTS) is 1. The van der Waals surface area contributed by atoms with Gasteiger partial charge in [0.25, 0.3) is 5.91 Å². The molecule has 1 aromatic heterocycles. The van der Waals surface area contributed by atoms with Crippen LogP contribution in [0.1, 0.15) is 80.7 Å². The summed E-state index contributed by atoms with van der Waals surface area (Å²) in [6.45, 7) is 2.91. The smallest absolute Gasteiger partial charge is 0.414 e. The molecule has 5 rings (SSSR count). The fourth-order valence-electron chi connectivity index (χ4n) is 6.26. The second-order valence-corrected chi connectivity index (χ2v) is 15.8. The van der Waals surface area contributed by atoms with Gasteiger partial charge in [-0.05, 0) is 60.1 Å². The predicted octanol–water partition coefficient (Wildman–Crippen LogP) is 8.86. The van der Waals surface area contributed by atoms with E-state index in [1.54, 1.807) is 59.9 Å². The van der Waals surface area contributed by atoms with E-state index < -0.39 is 77.5 Å². The number of carbonyl (C=O) groups is 4. The lowest BCUT2D eigenvalue weighted by molar-refractivity contribution is -0.183. The third-order valence-corrected chi connectivity index (χ3v) is 9.55. The summed E-state index contributed by atoms with van der Waals surface area (Å²) in [6.07, 6.45) is -5.14. The number of nitrogens with zero attached hydrogens (tertiary/aromatic N) is 4. The van der Waals surface area contributed by atoms with Crippen molar-refractivity contribution in [1.82, 2.24) is 25.3 Å². The summed E-state index contributed by atoms with van der Waals surface area (Å²) < 4.78 is 78.9. The number of hydrogen-bond donors (Lipinski definition) is 3. The van der Waals surface area contributed by atoms with Crippen molar-refractivity contribution in [2.24, 2.45) is 10.4 Å². The molecule has 2 atom stereocenters. The Morgan fingerprint density at radius 1 is 0.915 bits per heavy atom. The fraction of sp³-hybridized carbons (Fsp3) is 0.350. The maximum Gasteiger partial charge on any atom is 0.414 e. The van der Waals surface area contributed by atoms with Gasteiger partial charge in [0.1, 0.15) is 18.8 Å². The minimum atomic E-state index is -4.89. The molecule has 314 valence electrons. The second-order valence-electron chi connectivity index (χ2n) is 15.4. The Kier molecular flexibility index (Phi) is 12.7. The Labute approximate surface area is 340 Å². The number of alkyl halides is 5. The summed E-state index contributed by atoms with van der Waals surface area (Å²) in [5, 5.41) is 17.6. The number of alkyl carbamates (subject to hydrolysis) is 2. The van der Waals surface area contributed by atoms with Crippen molar-refractivity contribution in [3.63, 3.8) is 0 Å². The first kappa shape index (κ1) is 44.1. The lowest BCUT2D eigenvalue weighted by Crippen LogP contribution is -2.55. The SMILES string of the molecule is CC(C)(C)C[C@]1(c2ccc(-c3cnn(C(F)F)c3)cc2)N=C(NC(=O)OCc2ccccc2)N(C(COC(=O)NC(C)(C)C(F)(F)F)c2ccc(Cl)c(C(=O)O)c2)C1=O. The van der Waals surface area contributed by atoms with E-state index in [-0.39, 0.29) is 29.2 Å². The number of aromatic nitrogens is 2. The van der Waals surface area contributed by atoms with Crippen molar-refractivity contribution in [3.8, 4) is 11.1 Å². The molecule has 3 N–H and O–H groups in total. The van der Waals surface area contributed by atoms with E-state index in [4.69, 9.17) is 26.1 Å². The van der Waals surface area contributed by atoms with E-state index in [2.05, 4.69) is 10.4 Å². The van der Waals surface area contributed by atoms with E-state index >= 15 is 4.79 Å². The number of rotatable bonds is 12. The van der Waals surface area contributed by atoms with Crippen molar-refractivity contribution in [2.45, 2.75) is 77.5 Å². The molecule has 0 spiro atoms. The van der Waals surface area contributed by atoms with Gasteiger partial charge in [0.05, 0.1) is 22.8 Å². The van der Waals surface area contributed by atoms with Crippen LogP contribution < -0.4 is 10.6 Å². The van der Waals surface area contributed by atoms with Gasteiger partial charge in [-0.1, -0.05) is 93.0 Å². The van der Waals surface area contributed by atoms with E-state index in [1.165, 1.54) is 18.3 Å². The van der Waals surface area contributed by atoms with Gasteiger partial charge in [-0.25, -0.2) is 24.1 Å². The highest BCUT2D eigenvalue weighted by molar-refractivity contribution is 6.33. The first-order valence-corrected chi connectivity index (χ1v) is 18.3. The van der Waals surface area contributed by atoms with E-state index in [0.29, 0.717) is 35.2 Å². The number of benzene rings is 3. The molecule has 0 bridgehead atoms. The molecule has 1 unspecified atom stereocenters. The summed E-state index contributed by atoms with van der Waals surface area (Å²) in [4.78, 5) is 59.7. The Bertz CT molecular complexity index is 2230. The van der Waals surface area contributed by atoms with Crippen molar-refractivity contribution >= 4 is 41.6 Å².